The first-order valence-electron chi connectivity index (χ1n) is 13.9. The van der Waals surface area contributed by atoms with Crippen LogP contribution in [0.25, 0.3) is 21.9 Å². The van der Waals surface area contributed by atoms with Gasteiger partial charge in [0.25, 0.3) is 0 Å². The second-order valence-corrected chi connectivity index (χ2v) is 10.1. The number of nitrogens with one attached hydrogen (secondary N) is 1. The molecule has 1 aliphatic heterocycles. The van der Waals surface area contributed by atoms with Crippen molar-refractivity contribution in [1.29, 1.82) is 0 Å². The minimum atomic E-state index is 0.266. The largest absolute Gasteiger partial charge is 0.424 e. The summed E-state index contributed by atoms with van der Waals surface area (Å²) in [5, 5.41) is 5.58. The molecule has 2 aromatic heterocycles. The number of hydrogen-bond acceptors (Lipinski definition) is 7. The Morgan fingerprint density at radius 1 is 0.805 bits per heavy atom. The summed E-state index contributed by atoms with van der Waals surface area (Å²) in [5.74, 6) is 1.31. The van der Waals surface area contributed by atoms with Crippen LogP contribution in [0.5, 0.6) is 11.8 Å². The zero-order chi connectivity index (χ0) is 27.4. The first-order valence-corrected chi connectivity index (χ1v) is 13.9. The second kappa shape index (κ2) is 11.3. The van der Waals surface area contributed by atoms with Gasteiger partial charge in [0.2, 0.25) is 0 Å². The number of aromatic nitrogens is 4. The Morgan fingerprint density at radius 3 is 2.44 bits per heavy atom. The maximum Gasteiger partial charge on any atom is 0.326 e. The number of morpholine rings is 1. The van der Waals surface area contributed by atoms with Crippen molar-refractivity contribution in [3.05, 3.63) is 109 Å². The molecule has 41 heavy (non-hydrogen) atoms. The van der Waals surface area contributed by atoms with E-state index in [4.69, 9.17) is 24.4 Å². The van der Waals surface area contributed by atoms with E-state index in [9.17, 15) is 0 Å². The van der Waals surface area contributed by atoms with Crippen LogP contribution in [0, 0.1) is 0 Å². The van der Waals surface area contributed by atoms with Crippen LogP contribution in [0.4, 0.5) is 17.2 Å². The Morgan fingerprint density at radius 2 is 1.59 bits per heavy atom. The first kappa shape index (κ1) is 25.0. The predicted molar refractivity (Wildman–Crippen MR) is 162 cm³/mol. The van der Waals surface area contributed by atoms with Gasteiger partial charge in [0.15, 0.2) is 17.0 Å². The summed E-state index contributed by atoms with van der Waals surface area (Å²) in [6.07, 6.45) is 2.69. The number of benzene rings is 4. The molecule has 4 aromatic carbocycles. The van der Waals surface area contributed by atoms with E-state index >= 15 is 0 Å². The highest BCUT2D eigenvalue weighted by Crippen LogP contribution is 2.32. The molecular formula is C33H30N6O2. The average Bonchev–Trinajstić information content (AvgIpc) is 3.45. The molecule has 6 aromatic rings. The lowest BCUT2D eigenvalue weighted by Crippen LogP contribution is -2.36. The van der Waals surface area contributed by atoms with Crippen LogP contribution < -0.4 is 15.0 Å². The smallest absolute Gasteiger partial charge is 0.326 e. The molecule has 7 rings (SSSR count). The van der Waals surface area contributed by atoms with Crippen molar-refractivity contribution in [2.75, 3.05) is 36.5 Å². The molecule has 204 valence electrons. The zero-order valence-corrected chi connectivity index (χ0v) is 22.6. The maximum absolute atomic E-state index is 6.34. The fourth-order valence-corrected chi connectivity index (χ4v) is 5.21. The highest BCUT2D eigenvalue weighted by Gasteiger charge is 2.17. The quantitative estimate of drug-likeness (QED) is 0.232. The monoisotopic (exact) mass is 542 g/mol. The van der Waals surface area contributed by atoms with Crippen molar-refractivity contribution in [2.45, 2.75) is 13.0 Å². The van der Waals surface area contributed by atoms with Crippen molar-refractivity contribution >= 4 is 39.1 Å². The van der Waals surface area contributed by atoms with Crippen molar-refractivity contribution in [2.24, 2.45) is 0 Å². The van der Waals surface area contributed by atoms with E-state index in [1.54, 1.807) is 0 Å². The first-order chi connectivity index (χ1) is 20.3. The molecule has 0 saturated carbocycles. The Hall–Kier alpha value is -4.95. The van der Waals surface area contributed by atoms with Gasteiger partial charge < -0.3 is 24.3 Å². The van der Waals surface area contributed by atoms with E-state index < -0.39 is 0 Å². The van der Waals surface area contributed by atoms with E-state index in [0.29, 0.717) is 17.1 Å². The minimum absolute atomic E-state index is 0.266. The van der Waals surface area contributed by atoms with Crippen molar-refractivity contribution in [3.63, 3.8) is 0 Å². The molecule has 0 unspecified atom stereocenters. The van der Waals surface area contributed by atoms with Crippen molar-refractivity contribution in [3.8, 4) is 11.8 Å². The molecule has 0 atom stereocenters. The van der Waals surface area contributed by atoms with Gasteiger partial charge in [-0.1, -0.05) is 66.7 Å². The van der Waals surface area contributed by atoms with Gasteiger partial charge in [0, 0.05) is 36.4 Å². The summed E-state index contributed by atoms with van der Waals surface area (Å²) in [6.45, 7) is 4.04. The molecule has 0 radical (unpaired) electrons. The van der Waals surface area contributed by atoms with E-state index in [1.165, 1.54) is 11.3 Å². The molecule has 0 amide bonds. The SMILES string of the molecule is c1ccc(CCn2cnc3c(Nc4ccc(N5CCOCC5)cc4)nc(Oc4cccc5ccccc45)nc32)cc1. The third-order valence-corrected chi connectivity index (χ3v) is 7.38. The molecule has 0 bridgehead atoms. The summed E-state index contributed by atoms with van der Waals surface area (Å²) >= 11 is 0. The molecule has 0 aliphatic carbocycles. The molecule has 8 nitrogen and oxygen atoms in total. The highest BCUT2D eigenvalue weighted by molar-refractivity contribution is 5.89. The molecule has 0 spiro atoms. The molecule has 3 heterocycles. The van der Waals surface area contributed by atoms with Gasteiger partial charge in [-0.25, -0.2) is 4.98 Å². The van der Waals surface area contributed by atoms with Gasteiger partial charge in [-0.15, -0.1) is 0 Å². The van der Waals surface area contributed by atoms with E-state index in [0.717, 1.165) is 61.4 Å². The van der Waals surface area contributed by atoms with E-state index in [-0.39, 0.29) is 6.01 Å². The average molecular weight is 543 g/mol. The Kier molecular flexibility index (Phi) is 6.88. The van der Waals surface area contributed by atoms with Gasteiger partial charge in [-0.3, -0.25) is 0 Å². The number of aryl methyl sites for hydroxylation is 2. The van der Waals surface area contributed by atoms with E-state index in [1.807, 2.05) is 42.7 Å². The fraction of sp³-hybridized carbons (Fsp3) is 0.182. The number of ether oxygens (including phenoxy) is 2. The van der Waals surface area contributed by atoms with Crippen LogP contribution >= 0.6 is 0 Å². The lowest BCUT2D eigenvalue weighted by atomic mass is 10.1. The van der Waals surface area contributed by atoms with Crippen LogP contribution in [0.1, 0.15) is 5.56 Å². The number of anilines is 3. The lowest BCUT2D eigenvalue weighted by Gasteiger charge is -2.28. The lowest BCUT2D eigenvalue weighted by molar-refractivity contribution is 0.122. The van der Waals surface area contributed by atoms with Crippen LogP contribution in [0.3, 0.4) is 0 Å². The molecule has 1 fully saturated rings. The molecule has 1 saturated heterocycles. The summed E-state index contributed by atoms with van der Waals surface area (Å²) in [6, 6.07) is 33.2. The van der Waals surface area contributed by atoms with Gasteiger partial charge in [0.1, 0.15) is 5.75 Å². The summed E-state index contributed by atoms with van der Waals surface area (Å²) in [4.78, 5) is 16.7. The van der Waals surface area contributed by atoms with Crippen LogP contribution in [0.15, 0.2) is 103 Å². The molecule has 1 N–H and O–H groups in total. The zero-order valence-electron chi connectivity index (χ0n) is 22.6. The third kappa shape index (κ3) is 5.42. The van der Waals surface area contributed by atoms with Crippen LogP contribution in [-0.4, -0.2) is 45.8 Å². The summed E-state index contributed by atoms with van der Waals surface area (Å²) < 4.78 is 13.9. The predicted octanol–water partition coefficient (Wildman–Crippen LogP) is 6.59. The highest BCUT2D eigenvalue weighted by atomic mass is 16.5. The second-order valence-electron chi connectivity index (χ2n) is 10.1. The summed E-state index contributed by atoms with van der Waals surface area (Å²) in [5.41, 5.74) is 4.77. The number of nitrogens with zero attached hydrogens (tertiary/aromatic N) is 5. The van der Waals surface area contributed by atoms with E-state index in [2.05, 4.69) is 75.4 Å². The summed E-state index contributed by atoms with van der Waals surface area (Å²) in [7, 11) is 0. The maximum atomic E-state index is 6.34. The number of fused-ring (bicyclic) bond motifs is 2. The number of hydrogen-bond donors (Lipinski definition) is 1. The van der Waals surface area contributed by atoms with Crippen LogP contribution in [-0.2, 0) is 17.7 Å². The van der Waals surface area contributed by atoms with Crippen LogP contribution in [0.2, 0.25) is 0 Å². The Bertz CT molecular complexity index is 1770. The molecule has 8 heteroatoms. The van der Waals surface area contributed by atoms with Gasteiger partial charge in [0.05, 0.1) is 19.5 Å². The van der Waals surface area contributed by atoms with Crippen molar-refractivity contribution in [1.82, 2.24) is 19.5 Å². The molecule has 1 aliphatic rings. The number of imidazole rings is 1. The Labute approximate surface area is 238 Å². The fourth-order valence-electron chi connectivity index (χ4n) is 5.21. The minimum Gasteiger partial charge on any atom is -0.424 e. The molecular weight excluding hydrogens is 512 g/mol. The van der Waals surface area contributed by atoms with Gasteiger partial charge in [-0.2, -0.15) is 9.97 Å². The Balaban J connectivity index is 1.23. The third-order valence-electron chi connectivity index (χ3n) is 7.38. The standard InChI is InChI=1S/C33H30N6O2/c1-2-7-24(8-3-1)17-18-39-23-34-30-31(35-26-13-15-27(16-14-26)38-19-21-40-22-20-38)36-33(37-32(30)39)41-29-12-6-10-25-9-4-5-11-28(25)29/h1-16,23H,17-22H2,(H,35,36,37). The van der Waals surface area contributed by atoms with Crippen molar-refractivity contribution < 1.29 is 9.47 Å². The number of rotatable bonds is 8. The normalized spacial score (nSPS) is 13.5. The van der Waals surface area contributed by atoms with Gasteiger partial charge >= 0.3 is 6.01 Å². The van der Waals surface area contributed by atoms with Gasteiger partial charge in [-0.05, 0) is 47.7 Å². The topological polar surface area (TPSA) is 77.3 Å².